The molecule has 1 aliphatic rings. The number of rotatable bonds is 3. The van der Waals surface area contributed by atoms with Crippen molar-refractivity contribution in [3.8, 4) is 5.69 Å². The summed E-state index contributed by atoms with van der Waals surface area (Å²) in [7, 11) is 0. The second-order valence-electron chi connectivity index (χ2n) is 5.94. The fourth-order valence-electron chi connectivity index (χ4n) is 3.01. The molecule has 0 aliphatic carbocycles. The maximum atomic E-state index is 13.2. The number of amides is 1. The fraction of sp³-hybridized carbons (Fsp3) is 0.412. The quantitative estimate of drug-likeness (QED) is 0.806. The van der Waals surface area contributed by atoms with Crippen LogP contribution in [0.15, 0.2) is 35.6 Å². The molecule has 3 rings (SSSR count). The molecule has 0 saturated carbocycles. The molecule has 1 aromatic carbocycles. The molecule has 1 amide bonds. The van der Waals surface area contributed by atoms with Crippen LogP contribution in [-0.4, -0.2) is 39.7 Å². The topological polar surface area (TPSA) is 38.1 Å². The van der Waals surface area contributed by atoms with Gasteiger partial charge in [0, 0.05) is 18.8 Å². The van der Waals surface area contributed by atoms with E-state index in [1.807, 2.05) is 15.7 Å². The summed E-state index contributed by atoms with van der Waals surface area (Å²) < 4.78 is 15.0. The third-order valence-electron chi connectivity index (χ3n) is 4.16. The molecule has 6 heteroatoms. The maximum absolute atomic E-state index is 13.2. The van der Waals surface area contributed by atoms with Gasteiger partial charge in [-0.2, -0.15) is 0 Å². The molecule has 1 aromatic heterocycles. The number of aromatic nitrogens is 2. The Hall–Kier alpha value is -1.82. The van der Waals surface area contributed by atoms with Gasteiger partial charge in [-0.3, -0.25) is 9.36 Å². The van der Waals surface area contributed by atoms with Gasteiger partial charge in [0.15, 0.2) is 5.16 Å². The molecule has 1 saturated heterocycles. The van der Waals surface area contributed by atoms with Crippen molar-refractivity contribution in [2.45, 2.75) is 24.9 Å². The number of benzene rings is 1. The molecule has 0 spiro atoms. The largest absolute Gasteiger partial charge is 0.337 e. The highest BCUT2D eigenvalue weighted by Crippen LogP contribution is 2.24. The van der Waals surface area contributed by atoms with Crippen LogP contribution in [0.1, 0.15) is 30.3 Å². The number of hydrogen-bond acceptors (Lipinski definition) is 3. The Bertz CT molecular complexity index is 698. The first-order chi connectivity index (χ1) is 11.1. The Morgan fingerprint density at radius 1 is 1.35 bits per heavy atom. The van der Waals surface area contributed by atoms with Crippen LogP contribution in [0.4, 0.5) is 4.39 Å². The van der Waals surface area contributed by atoms with Crippen molar-refractivity contribution < 1.29 is 9.18 Å². The summed E-state index contributed by atoms with van der Waals surface area (Å²) >= 11 is 1.47. The summed E-state index contributed by atoms with van der Waals surface area (Å²) in [4.78, 5) is 19.2. The van der Waals surface area contributed by atoms with Gasteiger partial charge in [0.05, 0.1) is 6.20 Å². The number of thioether (sulfide) groups is 1. The lowest BCUT2D eigenvalue weighted by molar-refractivity contribution is 0.0674. The van der Waals surface area contributed by atoms with Gasteiger partial charge in [-0.25, -0.2) is 9.37 Å². The monoisotopic (exact) mass is 333 g/mol. The van der Waals surface area contributed by atoms with Crippen molar-refractivity contribution >= 4 is 17.7 Å². The van der Waals surface area contributed by atoms with E-state index in [2.05, 4.69) is 11.9 Å². The van der Waals surface area contributed by atoms with Gasteiger partial charge < -0.3 is 4.90 Å². The lowest BCUT2D eigenvalue weighted by Gasteiger charge is -2.31. The number of halogens is 1. The zero-order valence-corrected chi connectivity index (χ0v) is 14.1. The molecule has 4 nitrogen and oxygen atoms in total. The summed E-state index contributed by atoms with van der Waals surface area (Å²) in [5.74, 6) is 0.223. The van der Waals surface area contributed by atoms with E-state index < -0.39 is 0 Å². The Labute approximate surface area is 139 Å². The summed E-state index contributed by atoms with van der Waals surface area (Å²) in [6, 6.07) is 6.14. The summed E-state index contributed by atoms with van der Waals surface area (Å²) in [5.41, 5.74) is 1.29. The van der Waals surface area contributed by atoms with Crippen molar-refractivity contribution in [3.63, 3.8) is 0 Å². The molecular weight excluding hydrogens is 313 g/mol. The van der Waals surface area contributed by atoms with Gasteiger partial charge >= 0.3 is 0 Å². The molecule has 1 fully saturated rings. The number of nitrogens with zero attached hydrogens (tertiary/aromatic N) is 3. The van der Waals surface area contributed by atoms with Crippen molar-refractivity contribution in [1.29, 1.82) is 0 Å². The zero-order chi connectivity index (χ0) is 16.4. The zero-order valence-electron chi connectivity index (χ0n) is 13.3. The normalized spacial score (nSPS) is 18.2. The predicted octanol–water partition coefficient (Wildman–Crippen LogP) is 3.61. The average molecular weight is 333 g/mol. The molecule has 1 atom stereocenters. The highest BCUT2D eigenvalue weighted by atomic mass is 32.2. The van der Waals surface area contributed by atoms with Crippen molar-refractivity contribution in [2.24, 2.45) is 5.92 Å². The number of carbonyl (C=O) groups excluding carboxylic acids is 1. The minimum Gasteiger partial charge on any atom is -0.337 e. The third-order valence-corrected chi connectivity index (χ3v) is 4.81. The van der Waals surface area contributed by atoms with Gasteiger partial charge in [-0.1, -0.05) is 18.7 Å². The number of carbonyl (C=O) groups is 1. The minimum absolute atomic E-state index is 0.00586. The molecule has 122 valence electrons. The van der Waals surface area contributed by atoms with E-state index >= 15 is 0 Å². The van der Waals surface area contributed by atoms with E-state index in [4.69, 9.17) is 0 Å². The molecule has 1 unspecified atom stereocenters. The molecule has 2 heterocycles. The molecule has 0 bridgehead atoms. The van der Waals surface area contributed by atoms with Crippen LogP contribution in [0.3, 0.4) is 0 Å². The first-order valence-corrected chi connectivity index (χ1v) is 8.99. The first kappa shape index (κ1) is 16.1. The van der Waals surface area contributed by atoms with E-state index in [0.29, 0.717) is 11.6 Å². The lowest BCUT2D eigenvalue weighted by Crippen LogP contribution is -2.39. The number of imidazole rings is 1. The number of piperidine rings is 1. The van der Waals surface area contributed by atoms with Crippen LogP contribution in [0.25, 0.3) is 5.69 Å². The predicted molar refractivity (Wildman–Crippen MR) is 89.6 cm³/mol. The smallest absolute Gasteiger partial charge is 0.272 e. The Kier molecular flexibility index (Phi) is 4.71. The number of hydrogen-bond donors (Lipinski definition) is 0. The van der Waals surface area contributed by atoms with Gasteiger partial charge in [-0.05, 0) is 49.3 Å². The molecule has 0 radical (unpaired) electrons. The molecule has 0 N–H and O–H groups in total. The summed E-state index contributed by atoms with van der Waals surface area (Å²) in [6.45, 7) is 3.73. The minimum atomic E-state index is -0.294. The van der Waals surface area contributed by atoms with Crippen molar-refractivity contribution in [1.82, 2.24) is 14.5 Å². The van der Waals surface area contributed by atoms with Crippen LogP contribution in [-0.2, 0) is 0 Å². The number of likely N-dealkylation sites (tertiary alicyclic amines) is 1. The van der Waals surface area contributed by atoms with E-state index in [0.717, 1.165) is 36.8 Å². The van der Waals surface area contributed by atoms with E-state index in [-0.39, 0.29) is 11.7 Å². The molecular formula is C17H20FN3OS. The standard InChI is InChI=1S/C17H20FN3OS/c1-12-4-3-9-20(11-12)16(22)15-10-19-17(23-2)21(15)14-7-5-13(18)6-8-14/h5-8,10,12H,3-4,9,11H2,1-2H3. The Morgan fingerprint density at radius 2 is 2.09 bits per heavy atom. The average Bonchev–Trinajstić information content (AvgIpc) is 2.99. The van der Waals surface area contributed by atoms with E-state index in [9.17, 15) is 9.18 Å². The second kappa shape index (κ2) is 6.74. The highest BCUT2D eigenvalue weighted by Gasteiger charge is 2.26. The molecule has 1 aliphatic heterocycles. The molecule has 23 heavy (non-hydrogen) atoms. The van der Waals surface area contributed by atoms with Crippen LogP contribution >= 0.6 is 11.8 Å². The lowest BCUT2D eigenvalue weighted by atomic mass is 10.00. The van der Waals surface area contributed by atoms with Gasteiger partial charge in [-0.15, -0.1) is 0 Å². The van der Waals surface area contributed by atoms with Crippen LogP contribution in [0.2, 0.25) is 0 Å². The van der Waals surface area contributed by atoms with Gasteiger partial charge in [0.2, 0.25) is 0 Å². The highest BCUT2D eigenvalue weighted by molar-refractivity contribution is 7.98. The van der Waals surface area contributed by atoms with Crippen molar-refractivity contribution in [2.75, 3.05) is 19.3 Å². The van der Waals surface area contributed by atoms with Crippen LogP contribution in [0, 0.1) is 11.7 Å². The van der Waals surface area contributed by atoms with Gasteiger partial charge in [0.1, 0.15) is 11.5 Å². The van der Waals surface area contributed by atoms with Gasteiger partial charge in [0.25, 0.3) is 5.91 Å². The first-order valence-electron chi connectivity index (χ1n) is 7.77. The maximum Gasteiger partial charge on any atom is 0.272 e. The third kappa shape index (κ3) is 3.27. The second-order valence-corrected chi connectivity index (χ2v) is 6.71. The SMILES string of the molecule is CSc1ncc(C(=O)N2CCCC(C)C2)n1-c1ccc(F)cc1. The summed E-state index contributed by atoms with van der Waals surface area (Å²) in [5, 5.41) is 0.727. The molecule has 2 aromatic rings. The summed E-state index contributed by atoms with van der Waals surface area (Å²) in [6.07, 6.45) is 5.74. The van der Waals surface area contributed by atoms with E-state index in [1.165, 1.54) is 23.9 Å². The Morgan fingerprint density at radius 3 is 2.74 bits per heavy atom. The van der Waals surface area contributed by atoms with Crippen molar-refractivity contribution in [3.05, 3.63) is 42.0 Å². The van der Waals surface area contributed by atoms with Crippen LogP contribution < -0.4 is 0 Å². The Balaban J connectivity index is 1.98. The fourth-order valence-corrected chi connectivity index (χ4v) is 3.55. The van der Waals surface area contributed by atoms with E-state index in [1.54, 1.807) is 18.3 Å². The van der Waals surface area contributed by atoms with Crippen LogP contribution in [0.5, 0.6) is 0 Å².